The van der Waals surface area contributed by atoms with Crippen LogP contribution in [0.3, 0.4) is 0 Å². The molecule has 0 spiro atoms. The molecule has 0 aliphatic carbocycles. The normalized spacial score (nSPS) is 11.1. The molecule has 1 aromatic rings. The molecule has 1 rings (SSSR count). The second-order valence-electron chi connectivity index (χ2n) is 4.90. The highest BCUT2D eigenvalue weighted by molar-refractivity contribution is 5.89. The van der Waals surface area contributed by atoms with E-state index in [0.717, 1.165) is 24.3 Å². The highest BCUT2D eigenvalue weighted by Crippen LogP contribution is 2.17. The molecule has 4 nitrogen and oxygen atoms in total. The van der Waals surface area contributed by atoms with Crippen LogP contribution in [0, 0.1) is 0 Å². The van der Waals surface area contributed by atoms with Crippen molar-refractivity contribution in [2.24, 2.45) is 0 Å². The van der Waals surface area contributed by atoms with E-state index < -0.39 is 0 Å². The Morgan fingerprint density at radius 3 is 2.61 bits per heavy atom. The average molecular weight is 250 g/mol. The van der Waals surface area contributed by atoms with Gasteiger partial charge in [0.2, 0.25) is 5.91 Å². The molecule has 0 aromatic heterocycles. The topological polar surface area (TPSA) is 50.4 Å². The molecule has 0 saturated heterocycles. The molecule has 0 bridgehead atoms. The number of benzene rings is 1. The first-order chi connectivity index (χ1) is 8.43. The Bertz CT molecular complexity index is 403. The van der Waals surface area contributed by atoms with Crippen molar-refractivity contribution in [3.63, 3.8) is 0 Å². The number of methoxy groups -OCH3 is 1. The second kappa shape index (κ2) is 6.40. The summed E-state index contributed by atoms with van der Waals surface area (Å²) in [6.45, 7) is 6.44. The first kappa shape index (κ1) is 14.5. The molecule has 0 heterocycles. The molecular formula is C14H22N2O2. The summed E-state index contributed by atoms with van der Waals surface area (Å²) in [6.07, 6.45) is 0.911. The van der Waals surface area contributed by atoms with Gasteiger partial charge in [-0.05, 0) is 38.5 Å². The molecule has 18 heavy (non-hydrogen) atoms. The minimum Gasteiger partial charge on any atom is -0.385 e. The lowest BCUT2D eigenvalue weighted by Gasteiger charge is -2.23. The highest BCUT2D eigenvalue weighted by Gasteiger charge is 2.15. The number of hydrogen-bond donors (Lipinski definition) is 2. The Morgan fingerprint density at radius 1 is 1.33 bits per heavy atom. The van der Waals surface area contributed by atoms with Gasteiger partial charge < -0.3 is 15.4 Å². The minimum absolute atomic E-state index is 0.0623. The zero-order valence-electron chi connectivity index (χ0n) is 11.5. The number of rotatable bonds is 6. The third kappa shape index (κ3) is 5.19. The van der Waals surface area contributed by atoms with Crippen molar-refractivity contribution in [1.29, 1.82) is 0 Å². The van der Waals surface area contributed by atoms with E-state index in [4.69, 9.17) is 4.74 Å². The zero-order chi connectivity index (χ0) is 13.6. The fourth-order valence-corrected chi connectivity index (χ4v) is 1.52. The largest absolute Gasteiger partial charge is 0.385 e. The molecule has 100 valence electrons. The van der Waals surface area contributed by atoms with Gasteiger partial charge in [0.15, 0.2) is 0 Å². The Morgan fingerprint density at radius 2 is 2.00 bits per heavy atom. The van der Waals surface area contributed by atoms with Gasteiger partial charge in [-0.2, -0.15) is 0 Å². The lowest BCUT2D eigenvalue weighted by Crippen LogP contribution is -2.25. The Hall–Kier alpha value is -1.55. The third-order valence-electron chi connectivity index (χ3n) is 2.79. The van der Waals surface area contributed by atoms with Crippen LogP contribution in [-0.2, 0) is 9.53 Å². The monoisotopic (exact) mass is 250 g/mol. The van der Waals surface area contributed by atoms with Gasteiger partial charge in [-0.15, -0.1) is 0 Å². The Labute approximate surface area is 109 Å². The maximum absolute atomic E-state index is 11.0. The van der Waals surface area contributed by atoms with Crippen LogP contribution in [0.2, 0.25) is 0 Å². The molecule has 0 aliphatic rings. The van der Waals surface area contributed by atoms with E-state index in [9.17, 15) is 4.79 Å². The maximum Gasteiger partial charge on any atom is 0.221 e. The van der Waals surface area contributed by atoms with Gasteiger partial charge in [-0.3, -0.25) is 4.79 Å². The first-order valence-electron chi connectivity index (χ1n) is 6.09. The molecule has 0 fully saturated rings. The zero-order valence-corrected chi connectivity index (χ0v) is 11.5. The van der Waals surface area contributed by atoms with Crippen LogP contribution in [0.25, 0.3) is 0 Å². The highest BCUT2D eigenvalue weighted by atomic mass is 16.5. The molecule has 0 saturated carbocycles. The number of anilines is 2. The number of carbonyl (C=O) groups is 1. The van der Waals surface area contributed by atoms with Gasteiger partial charge in [0, 0.05) is 32.0 Å². The van der Waals surface area contributed by atoms with E-state index in [1.165, 1.54) is 6.92 Å². The second-order valence-corrected chi connectivity index (χ2v) is 4.90. The molecule has 0 atom stereocenters. The quantitative estimate of drug-likeness (QED) is 0.816. The maximum atomic E-state index is 11.0. The minimum atomic E-state index is -0.123. The summed E-state index contributed by atoms with van der Waals surface area (Å²) in [5.74, 6) is -0.0623. The van der Waals surface area contributed by atoms with Gasteiger partial charge in [-0.1, -0.05) is 6.07 Å². The van der Waals surface area contributed by atoms with E-state index in [0.29, 0.717) is 0 Å². The van der Waals surface area contributed by atoms with Crippen LogP contribution < -0.4 is 10.6 Å². The molecule has 0 aliphatic heterocycles. The lowest BCUT2D eigenvalue weighted by atomic mass is 10.1. The fraction of sp³-hybridized carbons (Fsp3) is 0.500. The van der Waals surface area contributed by atoms with Crippen LogP contribution in [0.4, 0.5) is 11.4 Å². The van der Waals surface area contributed by atoms with Crippen LogP contribution in [0.15, 0.2) is 24.3 Å². The number of amides is 1. The Balaban J connectivity index is 2.50. The average Bonchev–Trinajstić information content (AvgIpc) is 2.28. The molecule has 2 N–H and O–H groups in total. The SMILES string of the molecule is COC(C)(C)CCNc1cccc(NC(C)=O)c1. The lowest BCUT2D eigenvalue weighted by molar-refractivity contribution is -0.114. The summed E-state index contributed by atoms with van der Waals surface area (Å²) in [6, 6.07) is 7.67. The summed E-state index contributed by atoms with van der Waals surface area (Å²) in [5.41, 5.74) is 1.68. The summed E-state index contributed by atoms with van der Waals surface area (Å²) in [7, 11) is 1.72. The van der Waals surface area contributed by atoms with Crippen molar-refractivity contribution in [2.75, 3.05) is 24.3 Å². The van der Waals surface area contributed by atoms with Crippen molar-refractivity contribution in [3.8, 4) is 0 Å². The summed E-state index contributed by atoms with van der Waals surface area (Å²) >= 11 is 0. The predicted octanol–water partition coefficient (Wildman–Crippen LogP) is 2.87. The fourth-order valence-electron chi connectivity index (χ4n) is 1.52. The molecule has 0 unspecified atom stereocenters. The van der Waals surface area contributed by atoms with Crippen molar-refractivity contribution >= 4 is 17.3 Å². The van der Waals surface area contributed by atoms with E-state index >= 15 is 0 Å². The van der Waals surface area contributed by atoms with Gasteiger partial charge >= 0.3 is 0 Å². The van der Waals surface area contributed by atoms with Gasteiger partial charge in [0.1, 0.15) is 0 Å². The molecule has 0 radical (unpaired) electrons. The number of ether oxygens (including phenoxy) is 1. The van der Waals surface area contributed by atoms with Crippen molar-refractivity contribution in [3.05, 3.63) is 24.3 Å². The van der Waals surface area contributed by atoms with E-state index in [-0.39, 0.29) is 11.5 Å². The standard InChI is InChI=1S/C14H22N2O2/c1-11(17)16-13-7-5-6-12(10-13)15-9-8-14(2,3)18-4/h5-7,10,15H,8-9H2,1-4H3,(H,16,17). The van der Waals surface area contributed by atoms with Crippen molar-refractivity contribution in [2.45, 2.75) is 32.8 Å². The van der Waals surface area contributed by atoms with Crippen molar-refractivity contribution in [1.82, 2.24) is 0 Å². The number of nitrogens with one attached hydrogen (secondary N) is 2. The molecule has 1 amide bonds. The third-order valence-corrected chi connectivity index (χ3v) is 2.79. The summed E-state index contributed by atoms with van der Waals surface area (Å²) < 4.78 is 5.35. The van der Waals surface area contributed by atoms with Crippen LogP contribution in [-0.4, -0.2) is 25.2 Å². The van der Waals surface area contributed by atoms with Crippen LogP contribution >= 0.6 is 0 Å². The number of hydrogen-bond acceptors (Lipinski definition) is 3. The predicted molar refractivity (Wildman–Crippen MR) is 74.9 cm³/mol. The van der Waals surface area contributed by atoms with Gasteiger partial charge in [0.25, 0.3) is 0 Å². The Kier molecular flexibility index (Phi) is 5.16. The van der Waals surface area contributed by atoms with Crippen LogP contribution in [0.5, 0.6) is 0 Å². The smallest absolute Gasteiger partial charge is 0.221 e. The van der Waals surface area contributed by atoms with E-state index in [1.807, 2.05) is 24.3 Å². The van der Waals surface area contributed by atoms with Gasteiger partial charge in [0.05, 0.1) is 5.60 Å². The summed E-state index contributed by atoms with van der Waals surface area (Å²) in [5, 5.41) is 6.08. The van der Waals surface area contributed by atoms with E-state index in [2.05, 4.69) is 24.5 Å². The van der Waals surface area contributed by atoms with Crippen LogP contribution in [0.1, 0.15) is 27.2 Å². The number of carbonyl (C=O) groups excluding carboxylic acids is 1. The van der Waals surface area contributed by atoms with Crippen molar-refractivity contribution < 1.29 is 9.53 Å². The first-order valence-corrected chi connectivity index (χ1v) is 6.09. The van der Waals surface area contributed by atoms with Gasteiger partial charge in [-0.25, -0.2) is 0 Å². The van der Waals surface area contributed by atoms with E-state index in [1.54, 1.807) is 7.11 Å². The summed E-state index contributed by atoms with van der Waals surface area (Å²) in [4.78, 5) is 11.0. The molecule has 4 heteroatoms. The molecular weight excluding hydrogens is 228 g/mol. The molecule has 1 aromatic carbocycles.